The van der Waals surface area contributed by atoms with Gasteiger partial charge in [0, 0.05) is 6.42 Å². The molecule has 0 bridgehead atoms. The molecule has 22 heavy (non-hydrogen) atoms. The first-order valence-corrected chi connectivity index (χ1v) is 9.84. The van der Waals surface area contributed by atoms with Crippen LogP contribution in [-0.2, 0) is 30.4 Å². The van der Waals surface area contributed by atoms with Gasteiger partial charge in [-0.1, -0.05) is 24.3 Å². The normalized spacial score (nSPS) is 18.4. The van der Waals surface area contributed by atoms with Crippen LogP contribution in [0.5, 0.6) is 0 Å². The van der Waals surface area contributed by atoms with Crippen LogP contribution in [0, 0.1) is 0 Å². The number of fused-ring (bicyclic) bond motifs is 1. The van der Waals surface area contributed by atoms with E-state index in [1.54, 1.807) is 0 Å². The molecule has 0 radical (unpaired) electrons. The highest BCUT2D eigenvalue weighted by Gasteiger charge is 2.55. The second-order valence-electron chi connectivity index (χ2n) is 4.57. The van der Waals surface area contributed by atoms with Crippen molar-refractivity contribution in [2.45, 2.75) is 10.5 Å². The SMILES string of the molecule is O=S(=O)(O)C1=c2ccccc2=CC(S(=O)(=O)O)(S(=O)(=O)O)C1. The number of hydrogen-bond acceptors (Lipinski definition) is 6. The van der Waals surface area contributed by atoms with Crippen molar-refractivity contribution in [2.24, 2.45) is 0 Å². The molecule has 0 fully saturated rings. The molecular weight excluding hydrogens is 360 g/mol. The average molecular weight is 370 g/mol. The van der Waals surface area contributed by atoms with Gasteiger partial charge in [0.05, 0.1) is 4.91 Å². The third-order valence-electron chi connectivity index (χ3n) is 3.23. The monoisotopic (exact) mass is 370 g/mol. The minimum atomic E-state index is -5.47. The van der Waals surface area contributed by atoms with E-state index in [9.17, 15) is 38.9 Å². The molecule has 0 aromatic heterocycles. The molecule has 1 aromatic rings. The Kier molecular flexibility index (Phi) is 3.75. The van der Waals surface area contributed by atoms with Crippen LogP contribution >= 0.6 is 0 Å². The van der Waals surface area contributed by atoms with Crippen molar-refractivity contribution in [3.63, 3.8) is 0 Å². The van der Waals surface area contributed by atoms with Crippen molar-refractivity contribution in [2.75, 3.05) is 0 Å². The standard InChI is InChI=1S/C10H10O9S3/c11-20(12,13)9-6-10(21(14,15)16,22(17,18)19)5-7-3-1-2-4-8(7)9/h1-5H,6H2,(H,11,12,13)(H,14,15,16)(H,17,18,19). The first kappa shape index (κ1) is 17.1. The third kappa shape index (κ3) is 2.57. The van der Waals surface area contributed by atoms with Gasteiger partial charge in [-0.25, -0.2) is 0 Å². The Hall–Kier alpha value is -1.31. The van der Waals surface area contributed by atoms with Crippen LogP contribution in [0.2, 0.25) is 0 Å². The van der Waals surface area contributed by atoms with Crippen LogP contribution in [-0.4, -0.2) is 43.0 Å². The fraction of sp³-hybridized carbons (Fsp3) is 0.200. The van der Waals surface area contributed by atoms with Gasteiger partial charge in [-0.15, -0.1) is 0 Å². The van der Waals surface area contributed by atoms with Crippen molar-refractivity contribution in [3.8, 4) is 0 Å². The van der Waals surface area contributed by atoms with E-state index in [1.807, 2.05) is 0 Å². The molecule has 12 heteroatoms. The van der Waals surface area contributed by atoms with Gasteiger partial charge in [0.1, 0.15) is 0 Å². The van der Waals surface area contributed by atoms with Crippen LogP contribution in [0.4, 0.5) is 0 Å². The fourth-order valence-electron chi connectivity index (χ4n) is 2.18. The second kappa shape index (κ2) is 4.84. The highest BCUT2D eigenvalue weighted by molar-refractivity contribution is 8.06. The summed E-state index contributed by atoms with van der Waals surface area (Å²) in [6.45, 7) is 0. The zero-order valence-corrected chi connectivity index (χ0v) is 13.1. The third-order valence-corrected chi connectivity index (χ3v) is 7.75. The van der Waals surface area contributed by atoms with E-state index in [0.29, 0.717) is 6.08 Å². The Labute approximate surface area is 125 Å². The smallest absolute Gasteiger partial charge is 0.284 e. The first-order chi connectivity index (χ1) is 9.80. The van der Waals surface area contributed by atoms with Gasteiger partial charge in [-0.2, -0.15) is 25.3 Å². The highest BCUT2D eigenvalue weighted by atomic mass is 32.3. The van der Waals surface area contributed by atoms with Gasteiger partial charge in [0.2, 0.25) is 4.08 Å². The lowest BCUT2D eigenvalue weighted by Crippen LogP contribution is -2.51. The maximum absolute atomic E-state index is 11.5. The maximum Gasteiger partial charge on any atom is 0.291 e. The predicted octanol–water partition coefficient (Wildman–Crippen LogP) is -1.66. The van der Waals surface area contributed by atoms with Crippen molar-refractivity contribution in [3.05, 3.63) is 34.7 Å². The highest BCUT2D eigenvalue weighted by Crippen LogP contribution is 2.35. The molecule has 1 aromatic carbocycles. The van der Waals surface area contributed by atoms with E-state index in [-0.39, 0.29) is 10.4 Å². The summed E-state index contributed by atoms with van der Waals surface area (Å²) in [6.07, 6.45) is -0.831. The number of rotatable bonds is 3. The van der Waals surface area contributed by atoms with E-state index < -0.39 is 45.8 Å². The summed E-state index contributed by atoms with van der Waals surface area (Å²) in [5, 5.41) is -0.329. The molecule has 3 N–H and O–H groups in total. The molecule has 0 atom stereocenters. The summed E-state index contributed by atoms with van der Waals surface area (Å²) >= 11 is 0. The molecule has 122 valence electrons. The van der Waals surface area contributed by atoms with E-state index in [4.69, 9.17) is 0 Å². The van der Waals surface area contributed by atoms with Gasteiger partial charge in [-0.05, 0) is 16.5 Å². The topological polar surface area (TPSA) is 163 Å². The molecule has 2 rings (SSSR count). The van der Waals surface area contributed by atoms with Crippen molar-refractivity contribution in [1.82, 2.24) is 0 Å². The largest absolute Gasteiger partial charge is 0.291 e. The summed E-state index contributed by atoms with van der Waals surface area (Å²) in [6, 6.07) is 5.12. The summed E-state index contributed by atoms with van der Waals surface area (Å²) in [5.41, 5.74) is 0. The fourth-order valence-corrected chi connectivity index (χ4v) is 5.50. The van der Waals surface area contributed by atoms with Gasteiger partial charge >= 0.3 is 0 Å². The zero-order chi connectivity index (χ0) is 17.0. The Morgan fingerprint density at radius 1 is 0.864 bits per heavy atom. The first-order valence-electron chi connectivity index (χ1n) is 5.52. The molecule has 0 spiro atoms. The van der Waals surface area contributed by atoms with Gasteiger partial charge in [-0.3, -0.25) is 13.7 Å². The quantitative estimate of drug-likeness (QED) is 0.528. The summed E-state index contributed by atoms with van der Waals surface area (Å²) in [7, 11) is -15.9. The van der Waals surface area contributed by atoms with E-state index >= 15 is 0 Å². The van der Waals surface area contributed by atoms with Gasteiger partial charge in [0.15, 0.2) is 0 Å². The van der Waals surface area contributed by atoms with Crippen LogP contribution < -0.4 is 10.4 Å². The molecular formula is C10H10O9S3. The van der Waals surface area contributed by atoms with Gasteiger partial charge in [0.25, 0.3) is 30.4 Å². The van der Waals surface area contributed by atoms with E-state index in [1.165, 1.54) is 24.3 Å². The number of benzene rings is 1. The van der Waals surface area contributed by atoms with Crippen molar-refractivity contribution >= 4 is 41.3 Å². The molecule has 1 aliphatic rings. The minimum Gasteiger partial charge on any atom is -0.284 e. The van der Waals surface area contributed by atoms with Crippen LogP contribution in [0.15, 0.2) is 24.3 Å². The molecule has 1 aliphatic carbocycles. The second-order valence-corrected chi connectivity index (χ2v) is 9.63. The molecule has 0 amide bonds. The van der Waals surface area contributed by atoms with Crippen LogP contribution in [0.3, 0.4) is 0 Å². The van der Waals surface area contributed by atoms with Crippen LogP contribution in [0.25, 0.3) is 11.0 Å². The van der Waals surface area contributed by atoms with Crippen molar-refractivity contribution < 1.29 is 38.9 Å². The zero-order valence-electron chi connectivity index (χ0n) is 10.6. The Balaban J connectivity index is 3.11. The molecule has 9 nitrogen and oxygen atoms in total. The molecule has 0 heterocycles. The Bertz CT molecular complexity index is 1030. The van der Waals surface area contributed by atoms with Crippen molar-refractivity contribution in [1.29, 1.82) is 0 Å². The molecule has 0 saturated heterocycles. The Morgan fingerprint density at radius 3 is 1.82 bits per heavy atom. The van der Waals surface area contributed by atoms with E-state index in [0.717, 1.165) is 0 Å². The molecule has 0 saturated carbocycles. The summed E-state index contributed by atoms with van der Waals surface area (Å²) in [4.78, 5) is -0.944. The van der Waals surface area contributed by atoms with Gasteiger partial charge < -0.3 is 0 Å². The maximum atomic E-state index is 11.5. The average Bonchev–Trinajstić information content (AvgIpc) is 2.33. The lowest BCUT2D eigenvalue weighted by molar-refractivity contribution is 0.442. The van der Waals surface area contributed by atoms with E-state index in [2.05, 4.69) is 0 Å². The minimum absolute atomic E-state index is 0.132. The molecule has 0 aliphatic heterocycles. The van der Waals surface area contributed by atoms with Crippen LogP contribution in [0.1, 0.15) is 6.42 Å². The summed E-state index contributed by atoms with van der Waals surface area (Å²) < 4.78 is 93.4. The predicted molar refractivity (Wildman–Crippen MR) is 75.6 cm³/mol. The summed E-state index contributed by atoms with van der Waals surface area (Å²) in [5.74, 6) is 0. The lowest BCUT2D eigenvalue weighted by Gasteiger charge is -2.27. The lowest BCUT2D eigenvalue weighted by atomic mass is 10.1. The number of hydrogen-bond donors (Lipinski definition) is 3. The Morgan fingerprint density at radius 2 is 1.36 bits per heavy atom. The molecule has 0 unspecified atom stereocenters.